The van der Waals surface area contributed by atoms with Gasteiger partial charge in [0.15, 0.2) is 0 Å². The van der Waals surface area contributed by atoms with Crippen molar-refractivity contribution in [2.24, 2.45) is 0 Å². The summed E-state index contributed by atoms with van der Waals surface area (Å²) in [4.78, 5) is 24.5. The van der Waals surface area contributed by atoms with E-state index < -0.39 is 12.0 Å². The fourth-order valence-electron chi connectivity index (χ4n) is 2.52. The van der Waals surface area contributed by atoms with Crippen LogP contribution in [0.3, 0.4) is 0 Å². The van der Waals surface area contributed by atoms with Crippen molar-refractivity contribution in [1.82, 2.24) is 10.2 Å². The third-order valence-electron chi connectivity index (χ3n) is 3.62. The molecule has 2 aliphatic rings. The summed E-state index contributed by atoms with van der Waals surface area (Å²) >= 11 is 1.45. The van der Waals surface area contributed by atoms with Gasteiger partial charge in [-0.05, 0) is 11.6 Å². The number of nitrogens with one attached hydrogen (secondary N) is 1. The van der Waals surface area contributed by atoms with E-state index in [0.717, 1.165) is 17.7 Å². The molecule has 1 fully saturated rings. The van der Waals surface area contributed by atoms with Crippen LogP contribution in [0.2, 0.25) is 0 Å². The van der Waals surface area contributed by atoms with Gasteiger partial charge in [0, 0.05) is 12.2 Å². The highest BCUT2D eigenvalue weighted by Gasteiger charge is 2.35. The van der Waals surface area contributed by atoms with Crippen molar-refractivity contribution >= 4 is 23.8 Å². The van der Waals surface area contributed by atoms with Gasteiger partial charge < -0.3 is 20.1 Å². The minimum Gasteiger partial charge on any atom is -0.488 e. The summed E-state index contributed by atoms with van der Waals surface area (Å²) in [5.74, 6) is 0.749. The number of urea groups is 1. The van der Waals surface area contributed by atoms with Crippen LogP contribution in [0.15, 0.2) is 24.3 Å². The number of carbonyl (C=O) groups excluding carboxylic acids is 1. The van der Waals surface area contributed by atoms with Gasteiger partial charge in [-0.25, -0.2) is 9.59 Å². The number of hydrogen-bond acceptors (Lipinski definition) is 4. The van der Waals surface area contributed by atoms with Gasteiger partial charge in [-0.1, -0.05) is 18.2 Å². The van der Waals surface area contributed by atoms with Crippen molar-refractivity contribution in [3.05, 3.63) is 29.8 Å². The Morgan fingerprint density at radius 1 is 1.43 bits per heavy atom. The monoisotopic (exact) mass is 308 g/mol. The Hall–Kier alpha value is -1.89. The van der Waals surface area contributed by atoms with E-state index in [4.69, 9.17) is 9.84 Å². The minimum atomic E-state index is -0.959. The van der Waals surface area contributed by atoms with Gasteiger partial charge in [-0.2, -0.15) is 0 Å². The zero-order valence-corrected chi connectivity index (χ0v) is 12.1. The molecule has 7 heteroatoms. The maximum atomic E-state index is 12.1. The van der Waals surface area contributed by atoms with E-state index in [0.29, 0.717) is 18.2 Å². The first-order valence-electron chi connectivity index (χ1n) is 6.74. The summed E-state index contributed by atoms with van der Waals surface area (Å²) in [6, 6.07) is 6.72. The van der Waals surface area contributed by atoms with Crippen LogP contribution in [0.4, 0.5) is 4.79 Å². The Morgan fingerprint density at radius 2 is 2.24 bits per heavy atom. The SMILES string of the molecule is O=C(O)[C@@H]1CSCN1C(=O)NCC1Cc2ccccc2O1. The molecule has 2 heterocycles. The number of para-hydroxylation sites is 1. The molecule has 112 valence electrons. The molecule has 0 radical (unpaired) electrons. The summed E-state index contributed by atoms with van der Waals surface area (Å²) in [5.41, 5.74) is 1.14. The molecule has 2 N–H and O–H groups in total. The fourth-order valence-corrected chi connectivity index (χ4v) is 3.66. The molecule has 0 aliphatic carbocycles. The zero-order chi connectivity index (χ0) is 14.8. The number of carbonyl (C=O) groups is 2. The van der Waals surface area contributed by atoms with Crippen molar-refractivity contribution in [3.8, 4) is 5.75 Å². The van der Waals surface area contributed by atoms with Crippen molar-refractivity contribution < 1.29 is 19.4 Å². The van der Waals surface area contributed by atoms with E-state index in [1.54, 1.807) is 0 Å². The van der Waals surface area contributed by atoms with Crippen LogP contribution in [-0.4, -0.2) is 52.3 Å². The van der Waals surface area contributed by atoms with Crippen molar-refractivity contribution in [3.63, 3.8) is 0 Å². The maximum absolute atomic E-state index is 12.1. The Morgan fingerprint density at radius 3 is 3.00 bits per heavy atom. The third-order valence-corrected chi connectivity index (χ3v) is 4.64. The average molecular weight is 308 g/mol. The molecule has 0 spiro atoms. The first-order chi connectivity index (χ1) is 10.1. The molecule has 1 saturated heterocycles. The molecule has 2 amide bonds. The number of carboxylic acid groups (broad SMARTS) is 1. The molecule has 2 aliphatic heterocycles. The number of benzene rings is 1. The highest BCUT2D eigenvalue weighted by molar-refractivity contribution is 7.99. The predicted octanol–water partition coefficient (Wildman–Crippen LogP) is 1.16. The molecule has 1 aromatic rings. The highest BCUT2D eigenvalue weighted by Crippen LogP contribution is 2.28. The molecular formula is C14H16N2O4S. The van der Waals surface area contributed by atoms with Gasteiger partial charge in [-0.3, -0.25) is 0 Å². The molecule has 21 heavy (non-hydrogen) atoms. The lowest BCUT2D eigenvalue weighted by molar-refractivity contribution is -0.140. The smallest absolute Gasteiger partial charge is 0.327 e. The Labute approximate surface area is 126 Å². The Kier molecular flexibility index (Phi) is 3.92. The standard InChI is InChI=1S/C14H16N2O4S/c17-13(18)11-7-21-8-16(11)14(19)15-6-10-5-9-3-1-2-4-12(9)20-10/h1-4,10-11H,5-8H2,(H,15,19)(H,17,18)/t10?,11-/m0/s1. The van der Waals surface area contributed by atoms with Gasteiger partial charge in [0.1, 0.15) is 17.9 Å². The predicted molar refractivity (Wildman–Crippen MR) is 78.5 cm³/mol. The molecule has 3 rings (SSSR count). The molecular weight excluding hydrogens is 292 g/mol. The first-order valence-corrected chi connectivity index (χ1v) is 7.90. The van der Waals surface area contributed by atoms with Crippen molar-refractivity contribution in [1.29, 1.82) is 0 Å². The Balaban J connectivity index is 1.52. The van der Waals surface area contributed by atoms with E-state index in [1.807, 2.05) is 24.3 Å². The lowest BCUT2D eigenvalue weighted by Crippen LogP contribution is -2.48. The second kappa shape index (κ2) is 5.85. The minimum absolute atomic E-state index is 0.0927. The molecule has 0 saturated carbocycles. The van der Waals surface area contributed by atoms with Crippen LogP contribution in [0, 0.1) is 0 Å². The number of amides is 2. The van der Waals surface area contributed by atoms with E-state index in [9.17, 15) is 9.59 Å². The molecule has 0 aromatic heterocycles. The van der Waals surface area contributed by atoms with Crippen LogP contribution >= 0.6 is 11.8 Å². The van der Waals surface area contributed by atoms with Crippen molar-refractivity contribution in [2.45, 2.75) is 18.6 Å². The van der Waals surface area contributed by atoms with Crippen LogP contribution in [0.25, 0.3) is 0 Å². The van der Waals surface area contributed by atoms with E-state index in [1.165, 1.54) is 16.7 Å². The van der Waals surface area contributed by atoms with Crippen molar-refractivity contribution in [2.75, 3.05) is 18.2 Å². The summed E-state index contributed by atoms with van der Waals surface area (Å²) in [5, 5.41) is 11.8. The molecule has 2 atom stereocenters. The topological polar surface area (TPSA) is 78.9 Å². The summed E-state index contributed by atoms with van der Waals surface area (Å²) in [7, 11) is 0. The van der Waals surface area contributed by atoms with E-state index in [2.05, 4.69) is 5.32 Å². The van der Waals surface area contributed by atoms with Crippen LogP contribution in [-0.2, 0) is 11.2 Å². The van der Waals surface area contributed by atoms with Crippen LogP contribution in [0.5, 0.6) is 5.75 Å². The number of thioether (sulfide) groups is 1. The quantitative estimate of drug-likeness (QED) is 0.876. The second-order valence-electron chi connectivity index (χ2n) is 5.06. The van der Waals surface area contributed by atoms with E-state index >= 15 is 0 Å². The third kappa shape index (κ3) is 2.92. The summed E-state index contributed by atoms with van der Waals surface area (Å²) in [6.07, 6.45) is 0.665. The number of aliphatic carboxylic acids is 1. The molecule has 6 nitrogen and oxygen atoms in total. The number of ether oxygens (including phenoxy) is 1. The number of hydrogen-bond donors (Lipinski definition) is 2. The Bertz CT molecular complexity index is 541. The second-order valence-corrected chi connectivity index (χ2v) is 6.06. The normalized spacial score (nSPS) is 23.5. The lowest BCUT2D eigenvalue weighted by atomic mass is 10.1. The largest absolute Gasteiger partial charge is 0.488 e. The fraction of sp³-hybridized carbons (Fsp3) is 0.429. The lowest BCUT2D eigenvalue weighted by Gasteiger charge is -2.22. The van der Waals surface area contributed by atoms with Gasteiger partial charge >= 0.3 is 12.0 Å². The highest BCUT2D eigenvalue weighted by atomic mass is 32.2. The van der Waals surface area contributed by atoms with Gasteiger partial charge in [-0.15, -0.1) is 11.8 Å². The van der Waals surface area contributed by atoms with Crippen LogP contribution in [0.1, 0.15) is 5.56 Å². The average Bonchev–Trinajstić information content (AvgIpc) is 3.10. The summed E-state index contributed by atoms with van der Waals surface area (Å²) in [6.45, 7) is 0.376. The summed E-state index contributed by atoms with van der Waals surface area (Å²) < 4.78 is 5.74. The zero-order valence-electron chi connectivity index (χ0n) is 11.3. The number of fused-ring (bicyclic) bond motifs is 1. The first kappa shape index (κ1) is 14.1. The van der Waals surface area contributed by atoms with E-state index in [-0.39, 0.29) is 12.1 Å². The van der Waals surface area contributed by atoms with Gasteiger partial charge in [0.25, 0.3) is 0 Å². The molecule has 0 bridgehead atoms. The number of carboxylic acids is 1. The number of rotatable bonds is 3. The van der Waals surface area contributed by atoms with Gasteiger partial charge in [0.05, 0.1) is 12.4 Å². The molecule has 1 unspecified atom stereocenters. The van der Waals surface area contributed by atoms with Gasteiger partial charge in [0.2, 0.25) is 0 Å². The molecule has 1 aromatic carbocycles. The maximum Gasteiger partial charge on any atom is 0.327 e. The number of nitrogens with zero attached hydrogens (tertiary/aromatic N) is 1. The van der Waals surface area contributed by atoms with Crippen LogP contribution < -0.4 is 10.1 Å².